The summed E-state index contributed by atoms with van der Waals surface area (Å²) in [5, 5.41) is 16.3. The van der Waals surface area contributed by atoms with Crippen molar-refractivity contribution in [3.8, 4) is 17.2 Å². The molecular formula is C14H23N2O7P. The third kappa shape index (κ3) is 7.65. The molecule has 0 atom stereocenters. The Bertz CT molecular complexity index is 564. The van der Waals surface area contributed by atoms with Crippen LogP contribution in [-0.4, -0.2) is 58.3 Å². The molecule has 1 aromatic rings. The molecule has 2 rings (SSSR count). The molecule has 1 fully saturated rings. The molecule has 0 amide bonds. The number of hydrogen-bond donors (Lipinski definition) is 4. The third-order valence-electron chi connectivity index (χ3n) is 3.20. The quantitative estimate of drug-likeness (QED) is 0.465. The Labute approximate surface area is 140 Å². The zero-order valence-electron chi connectivity index (χ0n) is 13.6. The van der Waals surface area contributed by atoms with Gasteiger partial charge in [-0.1, -0.05) is 0 Å². The SMILES string of the molecule is COc1cc(C=NN2CCCCC2)cc(OC)c1O.O=P(O)(O)O. The predicted octanol–water partition coefficient (Wildman–Crippen LogP) is 1.30. The van der Waals surface area contributed by atoms with E-state index in [4.69, 9.17) is 28.7 Å². The van der Waals surface area contributed by atoms with Crippen molar-refractivity contribution in [1.82, 2.24) is 5.01 Å². The summed E-state index contributed by atoms with van der Waals surface area (Å²) in [4.78, 5) is 21.6. The minimum absolute atomic E-state index is 0.0140. The smallest absolute Gasteiger partial charge is 0.466 e. The van der Waals surface area contributed by atoms with Gasteiger partial charge in [-0.3, -0.25) is 5.01 Å². The first-order valence-corrected chi connectivity index (χ1v) is 8.83. The van der Waals surface area contributed by atoms with E-state index in [1.54, 1.807) is 18.3 Å². The maximum atomic E-state index is 9.83. The van der Waals surface area contributed by atoms with Gasteiger partial charge >= 0.3 is 7.82 Å². The van der Waals surface area contributed by atoms with Crippen LogP contribution in [0.15, 0.2) is 17.2 Å². The van der Waals surface area contributed by atoms with Gasteiger partial charge in [0.25, 0.3) is 0 Å². The number of hydrazone groups is 1. The second-order valence-corrected chi connectivity index (χ2v) is 6.07. The number of ether oxygens (including phenoxy) is 2. The normalized spacial score (nSPS) is 15.0. The number of hydrogen-bond acceptors (Lipinski definition) is 6. The van der Waals surface area contributed by atoms with E-state index in [1.165, 1.54) is 33.5 Å². The Morgan fingerprint density at radius 1 is 1.08 bits per heavy atom. The van der Waals surface area contributed by atoms with Gasteiger partial charge in [-0.05, 0) is 31.4 Å². The molecule has 0 aromatic heterocycles. The lowest BCUT2D eigenvalue weighted by molar-refractivity contribution is 0.240. The zero-order chi connectivity index (χ0) is 18.2. The summed E-state index contributed by atoms with van der Waals surface area (Å²) in [6.45, 7) is 2.01. The van der Waals surface area contributed by atoms with Crippen LogP contribution in [0, 0.1) is 0 Å². The number of rotatable bonds is 4. The lowest BCUT2D eigenvalue weighted by Crippen LogP contribution is -2.24. The molecule has 1 aliphatic heterocycles. The van der Waals surface area contributed by atoms with E-state index in [-0.39, 0.29) is 5.75 Å². The van der Waals surface area contributed by atoms with E-state index in [0.717, 1.165) is 18.7 Å². The molecule has 0 radical (unpaired) electrons. The van der Waals surface area contributed by atoms with Gasteiger partial charge < -0.3 is 29.3 Å². The predicted molar refractivity (Wildman–Crippen MR) is 88.5 cm³/mol. The molecule has 1 heterocycles. The molecule has 0 unspecified atom stereocenters. The molecule has 9 nitrogen and oxygen atoms in total. The number of nitrogens with zero attached hydrogens (tertiary/aromatic N) is 2. The number of benzene rings is 1. The highest BCUT2D eigenvalue weighted by molar-refractivity contribution is 7.45. The summed E-state index contributed by atoms with van der Waals surface area (Å²) >= 11 is 0. The van der Waals surface area contributed by atoms with E-state index in [1.807, 2.05) is 0 Å². The number of methoxy groups -OCH3 is 2. The monoisotopic (exact) mass is 362 g/mol. The van der Waals surface area contributed by atoms with Crippen molar-refractivity contribution in [2.24, 2.45) is 5.10 Å². The highest BCUT2D eigenvalue weighted by Crippen LogP contribution is 2.36. The summed E-state index contributed by atoms with van der Waals surface area (Å²) < 4.78 is 19.1. The molecule has 0 bridgehead atoms. The van der Waals surface area contributed by atoms with Crippen LogP contribution in [0.3, 0.4) is 0 Å². The summed E-state index contributed by atoms with van der Waals surface area (Å²) in [6.07, 6.45) is 5.45. The van der Waals surface area contributed by atoms with Crippen LogP contribution in [0.2, 0.25) is 0 Å². The number of phosphoric acid groups is 1. The van der Waals surface area contributed by atoms with Crippen LogP contribution < -0.4 is 9.47 Å². The van der Waals surface area contributed by atoms with Crippen LogP contribution in [0.5, 0.6) is 17.2 Å². The molecule has 1 aliphatic rings. The standard InChI is InChI=1S/C14H20N2O3.H3O4P/c1-18-12-8-11(9-13(19-2)14(12)17)10-15-16-6-4-3-5-7-16;1-5(2,3)4/h8-10,17H,3-7H2,1-2H3;(H3,1,2,3,4). The highest BCUT2D eigenvalue weighted by atomic mass is 31.2. The minimum Gasteiger partial charge on any atom is -0.502 e. The van der Waals surface area contributed by atoms with E-state index in [0.29, 0.717) is 11.5 Å². The number of piperidine rings is 1. The fourth-order valence-electron chi connectivity index (χ4n) is 2.13. The fourth-order valence-corrected chi connectivity index (χ4v) is 2.13. The Morgan fingerprint density at radius 2 is 1.54 bits per heavy atom. The Hall–Kier alpha value is -1.80. The van der Waals surface area contributed by atoms with Crippen molar-refractivity contribution in [2.75, 3.05) is 27.3 Å². The molecule has 0 saturated carbocycles. The van der Waals surface area contributed by atoms with Gasteiger partial charge in [0.05, 0.1) is 20.4 Å². The lowest BCUT2D eigenvalue weighted by atomic mass is 10.2. The number of phenols is 1. The van der Waals surface area contributed by atoms with Crippen molar-refractivity contribution in [3.63, 3.8) is 0 Å². The Balaban J connectivity index is 0.000000505. The maximum Gasteiger partial charge on any atom is 0.466 e. The Morgan fingerprint density at radius 3 is 1.96 bits per heavy atom. The lowest BCUT2D eigenvalue weighted by Gasteiger charge is -2.23. The molecule has 10 heteroatoms. The summed E-state index contributed by atoms with van der Waals surface area (Å²) in [5.41, 5.74) is 0.845. The Kier molecular flexibility index (Phi) is 8.00. The van der Waals surface area contributed by atoms with Gasteiger partial charge in [0.2, 0.25) is 5.75 Å². The van der Waals surface area contributed by atoms with Crippen molar-refractivity contribution in [1.29, 1.82) is 0 Å². The van der Waals surface area contributed by atoms with Crippen LogP contribution in [0.4, 0.5) is 0 Å². The van der Waals surface area contributed by atoms with E-state index >= 15 is 0 Å². The molecule has 0 spiro atoms. The van der Waals surface area contributed by atoms with Crippen LogP contribution >= 0.6 is 7.82 Å². The van der Waals surface area contributed by atoms with E-state index < -0.39 is 7.82 Å². The van der Waals surface area contributed by atoms with Crippen molar-refractivity contribution >= 4 is 14.0 Å². The first kappa shape index (κ1) is 20.2. The first-order valence-electron chi connectivity index (χ1n) is 7.26. The molecule has 136 valence electrons. The topological polar surface area (TPSA) is 132 Å². The second kappa shape index (κ2) is 9.48. The molecule has 0 aliphatic carbocycles. The second-order valence-electron chi connectivity index (χ2n) is 5.05. The average molecular weight is 362 g/mol. The third-order valence-corrected chi connectivity index (χ3v) is 3.20. The van der Waals surface area contributed by atoms with Crippen molar-refractivity contribution in [2.45, 2.75) is 19.3 Å². The molecule has 1 aromatic carbocycles. The molecule has 1 saturated heterocycles. The van der Waals surface area contributed by atoms with Crippen molar-refractivity contribution in [3.05, 3.63) is 17.7 Å². The van der Waals surface area contributed by atoms with E-state index in [9.17, 15) is 5.11 Å². The molecular weight excluding hydrogens is 339 g/mol. The van der Waals surface area contributed by atoms with Crippen molar-refractivity contribution < 1.29 is 33.8 Å². The minimum atomic E-state index is -4.64. The van der Waals surface area contributed by atoms with Crippen LogP contribution in [-0.2, 0) is 4.57 Å². The average Bonchev–Trinajstić information content (AvgIpc) is 2.53. The highest BCUT2D eigenvalue weighted by Gasteiger charge is 2.11. The van der Waals surface area contributed by atoms with Gasteiger partial charge in [0.1, 0.15) is 0 Å². The van der Waals surface area contributed by atoms with Crippen LogP contribution in [0.1, 0.15) is 24.8 Å². The van der Waals surface area contributed by atoms with E-state index in [2.05, 4.69) is 10.1 Å². The van der Waals surface area contributed by atoms with Gasteiger partial charge in [-0.15, -0.1) is 0 Å². The maximum absolute atomic E-state index is 9.83. The van der Waals surface area contributed by atoms with Gasteiger partial charge in [-0.2, -0.15) is 5.10 Å². The zero-order valence-corrected chi connectivity index (χ0v) is 14.5. The van der Waals surface area contributed by atoms with Crippen LogP contribution in [0.25, 0.3) is 0 Å². The van der Waals surface area contributed by atoms with Gasteiger partial charge in [0, 0.05) is 18.7 Å². The summed E-state index contributed by atoms with van der Waals surface area (Å²) in [7, 11) is -1.61. The summed E-state index contributed by atoms with van der Waals surface area (Å²) in [5.74, 6) is 0.791. The first-order chi connectivity index (χ1) is 11.2. The van der Waals surface area contributed by atoms with Gasteiger partial charge in [0.15, 0.2) is 11.5 Å². The van der Waals surface area contributed by atoms with Gasteiger partial charge in [-0.25, -0.2) is 4.57 Å². The summed E-state index contributed by atoms with van der Waals surface area (Å²) in [6, 6.07) is 3.48. The largest absolute Gasteiger partial charge is 0.502 e. The number of phenolic OH excluding ortho intramolecular Hbond substituents is 1. The fraction of sp³-hybridized carbons (Fsp3) is 0.500. The number of aromatic hydroxyl groups is 1. The molecule has 4 N–H and O–H groups in total. The molecule has 24 heavy (non-hydrogen) atoms.